The van der Waals surface area contributed by atoms with Crippen LogP contribution in [0.1, 0.15) is 43.9 Å². The summed E-state index contributed by atoms with van der Waals surface area (Å²) in [6.07, 6.45) is 2.49. The van der Waals surface area contributed by atoms with E-state index in [0.717, 1.165) is 18.1 Å². The van der Waals surface area contributed by atoms with Crippen molar-refractivity contribution >= 4 is 5.82 Å². The number of likely N-dealkylation sites (tertiary alicyclic amines) is 1. The van der Waals surface area contributed by atoms with Gasteiger partial charge in [0.15, 0.2) is 0 Å². The molecule has 0 aliphatic carbocycles. The predicted molar refractivity (Wildman–Crippen MR) is 82.0 cm³/mol. The average molecular weight is 272 g/mol. The van der Waals surface area contributed by atoms with E-state index in [4.69, 9.17) is 4.98 Å². The molecule has 4 nitrogen and oxygen atoms in total. The molecule has 0 radical (unpaired) electrons. The van der Waals surface area contributed by atoms with Crippen LogP contribution in [-0.2, 0) is 0 Å². The normalized spacial score (nSPS) is 19.3. The van der Waals surface area contributed by atoms with Gasteiger partial charge in [0.1, 0.15) is 11.9 Å². The van der Waals surface area contributed by atoms with Crippen molar-refractivity contribution in [2.45, 2.75) is 38.6 Å². The third-order valence-corrected chi connectivity index (χ3v) is 4.13. The van der Waals surface area contributed by atoms with Crippen LogP contribution in [0, 0.1) is 11.3 Å². The van der Waals surface area contributed by atoms with Gasteiger partial charge in [-0.25, -0.2) is 4.98 Å². The van der Waals surface area contributed by atoms with Crippen LogP contribution in [-0.4, -0.2) is 43.1 Å². The largest absolute Gasteiger partial charge is 0.357 e. The van der Waals surface area contributed by atoms with Crippen molar-refractivity contribution in [3.8, 4) is 6.07 Å². The predicted octanol–water partition coefficient (Wildman–Crippen LogP) is 2.61. The summed E-state index contributed by atoms with van der Waals surface area (Å²) in [4.78, 5) is 9.23. The molecule has 1 aromatic rings. The van der Waals surface area contributed by atoms with Crippen LogP contribution in [0.3, 0.4) is 0 Å². The molecule has 1 atom stereocenters. The van der Waals surface area contributed by atoms with Gasteiger partial charge in [-0.05, 0) is 44.5 Å². The van der Waals surface area contributed by atoms with Crippen LogP contribution in [0.15, 0.2) is 12.1 Å². The first-order valence-electron chi connectivity index (χ1n) is 7.35. The summed E-state index contributed by atoms with van der Waals surface area (Å²) in [5.74, 6) is 1.20. The fourth-order valence-corrected chi connectivity index (χ4v) is 2.78. The van der Waals surface area contributed by atoms with Gasteiger partial charge < -0.3 is 9.80 Å². The molecular weight excluding hydrogens is 248 g/mol. The minimum absolute atomic E-state index is 0.379. The quantitative estimate of drug-likeness (QED) is 0.845. The molecule has 0 amide bonds. The van der Waals surface area contributed by atoms with Crippen LogP contribution < -0.4 is 4.90 Å². The maximum Gasteiger partial charge on any atom is 0.146 e. The Balaban J connectivity index is 2.21. The highest BCUT2D eigenvalue weighted by atomic mass is 15.2. The van der Waals surface area contributed by atoms with Crippen molar-refractivity contribution in [2.75, 3.05) is 32.1 Å². The molecule has 0 bridgehead atoms. The molecule has 1 fully saturated rings. The summed E-state index contributed by atoms with van der Waals surface area (Å²) >= 11 is 0. The number of anilines is 1. The minimum Gasteiger partial charge on any atom is -0.357 e. The molecule has 2 rings (SSSR count). The maximum atomic E-state index is 9.28. The van der Waals surface area contributed by atoms with Gasteiger partial charge in [-0.1, -0.05) is 13.8 Å². The number of pyridine rings is 1. The molecule has 2 heterocycles. The molecule has 108 valence electrons. The molecule has 4 heteroatoms. The van der Waals surface area contributed by atoms with E-state index in [2.05, 4.69) is 36.8 Å². The Labute approximate surface area is 122 Å². The fraction of sp³-hybridized carbons (Fsp3) is 0.625. The van der Waals surface area contributed by atoms with E-state index >= 15 is 0 Å². The lowest BCUT2D eigenvalue weighted by atomic mass is 10.1. The van der Waals surface area contributed by atoms with Crippen molar-refractivity contribution in [3.63, 3.8) is 0 Å². The smallest absolute Gasteiger partial charge is 0.146 e. The van der Waals surface area contributed by atoms with Crippen LogP contribution in [0.4, 0.5) is 5.82 Å². The summed E-state index contributed by atoms with van der Waals surface area (Å²) in [7, 11) is 4.22. The Morgan fingerprint density at radius 3 is 2.80 bits per heavy atom. The molecule has 1 aliphatic rings. The van der Waals surface area contributed by atoms with Crippen LogP contribution >= 0.6 is 0 Å². The highest BCUT2D eigenvalue weighted by Gasteiger charge is 2.23. The molecule has 0 saturated carbocycles. The lowest BCUT2D eigenvalue weighted by molar-refractivity contribution is 0.314. The van der Waals surface area contributed by atoms with Crippen LogP contribution in [0.2, 0.25) is 0 Å². The number of nitriles is 1. The van der Waals surface area contributed by atoms with Crippen LogP contribution in [0.25, 0.3) is 0 Å². The number of likely N-dealkylation sites (N-methyl/N-ethyl adjacent to an activating group) is 2. The van der Waals surface area contributed by atoms with Crippen molar-refractivity contribution in [2.24, 2.45) is 0 Å². The van der Waals surface area contributed by atoms with Crippen LogP contribution in [0.5, 0.6) is 0 Å². The number of aromatic nitrogens is 1. The van der Waals surface area contributed by atoms with E-state index in [0.29, 0.717) is 17.5 Å². The zero-order valence-electron chi connectivity index (χ0n) is 12.9. The first kappa shape index (κ1) is 14.8. The van der Waals surface area contributed by atoms with E-state index in [9.17, 15) is 5.26 Å². The highest BCUT2D eigenvalue weighted by Crippen LogP contribution is 2.23. The second-order valence-electron chi connectivity index (χ2n) is 6.03. The molecule has 0 spiro atoms. The third kappa shape index (κ3) is 3.10. The standard InChI is InChI=1S/C16H24N4/c1-12(2)15-8-7-13(10-17)16(18-15)20(4)11-14-6-5-9-19(14)3/h7-8,12,14H,5-6,9,11H2,1-4H3/t14-/m1/s1. The van der Waals surface area contributed by atoms with Crippen molar-refractivity contribution < 1.29 is 0 Å². The number of hydrogen-bond acceptors (Lipinski definition) is 4. The first-order valence-corrected chi connectivity index (χ1v) is 7.35. The Kier molecular flexibility index (Phi) is 4.61. The topological polar surface area (TPSA) is 43.2 Å². The summed E-state index contributed by atoms with van der Waals surface area (Å²) in [5, 5.41) is 9.28. The van der Waals surface area contributed by atoms with E-state index in [1.165, 1.54) is 19.4 Å². The van der Waals surface area contributed by atoms with Gasteiger partial charge in [-0.2, -0.15) is 5.26 Å². The summed E-state index contributed by atoms with van der Waals surface area (Å²) in [5.41, 5.74) is 1.71. The third-order valence-electron chi connectivity index (χ3n) is 4.13. The van der Waals surface area contributed by atoms with E-state index in [1.807, 2.05) is 19.2 Å². The van der Waals surface area contributed by atoms with E-state index < -0.39 is 0 Å². The Morgan fingerprint density at radius 1 is 1.50 bits per heavy atom. The van der Waals surface area contributed by atoms with E-state index in [-0.39, 0.29) is 0 Å². The minimum atomic E-state index is 0.379. The fourth-order valence-electron chi connectivity index (χ4n) is 2.78. The van der Waals surface area contributed by atoms with Crippen molar-refractivity contribution in [1.82, 2.24) is 9.88 Å². The Bertz CT molecular complexity index is 504. The molecule has 0 aromatic carbocycles. The molecule has 20 heavy (non-hydrogen) atoms. The zero-order chi connectivity index (χ0) is 14.7. The monoisotopic (exact) mass is 272 g/mol. The Hall–Kier alpha value is -1.60. The molecule has 0 N–H and O–H groups in total. The van der Waals surface area contributed by atoms with Gasteiger partial charge in [-0.15, -0.1) is 0 Å². The SMILES string of the molecule is CC(C)c1ccc(C#N)c(N(C)C[C@H]2CCCN2C)n1. The molecule has 1 aliphatic heterocycles. The van der Waals surface area contributed by atoms with Gasteiger partial charge in [0, 0.05) is 25.3 Å². The summed E-state index contributed by atoms with van der Waals surface area (Å²) in [6.45, 7) is 6.36. The molecule has 1 aromatic heterocycles. The van der Waals surface area contributed by atoms with Crippen molar-refractivity contribution in [1.29, 1.82) is 5.26 Å². The van der Waals surface area contributed by atoms with Gasteiger partial charge in [0.2, 0.25) is 0 Å². The second kappa shape index (κ2) is 6.23. The Morgan fingerprint density at radius 2 is 2.25 bits per heavy atom. The van der Waals surface area contributed by atoms with E-state index in [1.54, 1.807) is 0 Å². The molecule has 1 saturated heterocycles. The second-order valence-corrected chi connectivity index (χ2v) is 6.03. The summed E-state index contributed by atoms with van der Waals surface area (Å²) in [6, 6.07) is 6.68. The first-order chi connectivity index (χ1) is 9.52. The molecular formula is C16H24N4. The van der Waals surface area contributed by atoms with Gasteiger partial charge in [-0.3, -0.25) is 0 Å². The van der Waals surface area contributed by atoms with Gasteiger partial charge >= 0.3 is 0 Å². The number of nitrogens with zero attached hydrogens (tertiary/aromatic N) is 4. The van der Waals surface area contributed by atoms with Gasteiger partial charge in [0.25, 0.3) is 0 Å². The molecule has 0 unspecified atom stereocenters. The van der Waals surface area contributed by atoms with Crippen molar-refractivity contribution in [3.05, 3.63) is 23.4 Å². The lowest BCUT2D eigenvalue weighted by Gasteiger charge is -2.27. The maximum absolute atomic E-state index is 9.28. The number of rotatable bonds is 4. The van der Waals surface area contributed by atoms with Gasteiger partial charge in [0.05, 0.1) is 5.56 Å². The highest BCUT2D eigenvalue weighted by molar-refractivity contribution is 5.54. The number of hydrogen-bond donors (Lipinski definition) is 0. The zero-order valence-corrected chi connectivity index (χ0v) is 12.9. The summed E-state index contributed by atoms with van der Waals surface area (Å²) < 4.78 is 0. The average Bonchev–Trinajstić information content (AvgIpc) is 2.83. The lowest BCUT2D eigenvalue weighted by Crippen LogP contribution is -2.37.